The Morgan fingerprint density at radius 3 is 1.97 bits per heavy atom. The molecule has 2 N–H and O–H groups in total. The topological polar surface area (TPSA) is 67.8 Å². The van der Waals surface area contributed by atoms with Crippen LogP contribution in [0.2, 0.25) is 0 Å². The maximum absolute atomic E-state index is 13.0. The van der Waals surface area contributed by atoms with E-state index < -0.39 is 12.1 Å². The molecule has 0 heterocycles. The largest absolute Gasteiger partial charge is 0.497 e. The molecule has 184 valence electrons. The van der Waals surface area contributed by atoms with E-state index in [1.807, 2.05) is 109 Å². The maximum atomic E-state index is 13.0. The predicted molar refractivity (Wildman–Crippen MR) is 142 cm³/mol. The van der Waals surface area contributed by atoms with Crippen LogP contribution in [0.25, 0.3) is 0 Å². The van der Waals surface area contributed by atoms with Gasteiger partial charge in [0, 0.05) is 12.1 Å². The van der Waals surface area contributed by atoms with E-state index in [1.165, 1.54) is 0 Å². The summed E-state index contributed by atoms with van der Waals surface area (Å²) in [4.78, 5) is 13.0. The third-order valence-electron chi connectivity index (χ3n) is 6.05. The molecule has 0 aliphatic carbocycles. The smallest absolute Gasteiger partial charge is 0.164 e. The van der Waals surface area contributed by atoms with Crippen LogP contribution >= 0.6 is 0 Å². The predicted octanol–water partition coefficient (Wildman–Crippen LogP) is 5.99. The van der Waals surface area contributed by atoms with Crippen LogP contribution in [0.3, 0.4) is 0 Å². The van der Waals surface area contributed by atoms with Crippen molar-refractivity contribution in [2.75, 3.05) is 12.4 Å². The van der Waals surface area contributed by atoms with Crippen LogP contribution in [0.1, 0.15) is 29.2 Å². The molecule has 0 amide bonds. The zero-order chi connectivity index (χ0) is 25.2. The lowest BCUT2D eigenvalue weighted by Gasteiger charge is -2.25. The van der Waals surface area contributed by atoms with Gasteiger partial charge in [-0.3, -0.25) is 4.79 Å². The molecule has 0 bridgehead atoms. The number of aliphatic hydroxyl groups is 1. The van der Waals surface area contributed by atoms with Crippen LogP contribution in [0.15, 0.2) is 109 Å². The number of hydrogen-bond acceptors (Lipinski definition) is 5. The van der Waals surface area contributed by atoms with Crippen LogP contribution in [0.4, 0.5) is 5.69 Å². The second-order valence-electron chi connectivity index (χ2n) is 8.59. The summed E-state index contributed by atoms with van der Waals surface area (Å²) in [6.07, 6.45) is -0.380. The first-order valence-electron chi connectivity index (χ1n) is 12.0. The lowest BCUT2D eigenvalue weighted by Crippen LogP contribution is -2.33. The number of nitrogens with one attached hydrogen (secondary N) is 1. The summed E-state index contributed by atoms with van der Waals surface area (Å²) in [5.74, 6) is 1.24. The third-order valence-corrected chi connectivity index (χ3v) is 6.05. The average molecular weight is 482 g/mol. The molecule has 2 atom stereocenters. The zero-order valence-electron chi connectivity index (χ0n) is 20.3. The molecule has 0 radical (unpaired) electrons. The Balaban J connectivity index is 1.48. The van der Waals surface area contributed by atoms with E-state index in [0.29, 0.717) is 13.0 Å². The van der Waals surface area contributed by atoms with Gasteiger partial charge in [-0.2, -0.15) is 0 Å². The van der Waals surface area contributed by atoms with Crippen molar-refractivity contribution < 1.29 is 19.4 Å². The molecule has 0 spiro atoms. The number of ketones is 1. The molecule has 0 aliphatic heterocycles. The Hall–Kier alpha value is -4.09. The van der Waals surface area contributed by atoms with Gasteiger partial charge in [0.25, 0.3) is 0 Å². The summed E-state index contributed by atoms with van der Waals surface area (Å²) < 4.78 is 11.1. The van der Waals surface area contributed by atoms with Crippen LogP contribution in [0, 0.1) is 0 Å². The van der Waals surface area contributed by atoms with Crippen molar-refractivity contribution in [3.05, 3.63) is 126 Å². The first kappa shape index (κ1) is 25.0. The molecule has 0 saturated carbocycles. The minimum absolute atomic E-state index is 0.214. The highest BCUT2D eigenvalue weighted by Crippen LogP contribution is 2.27. The molecule has 4 rings (SSSR count). The zero-order valence-corrected chi connectivity index (χ0v) is 20.3. The number of carbonyl (C=O) groups is 1. The first-order valence-corrected chi connectivity index (χ1v) is 12.0. The van der Waals surface area contributed by atoms with Gasteiger partial charge in [0.2, 0.25) is 0 Å². The number of aliphatic hydroxyl groups excluding tert-OH is 1. The summed E-state index contributed by atoms with van der Waals surface area (Å²) in [6.45, 7) is 0.467. The number of Topliss-reactive ketones (excluding diaryl/α,β-unsaturated/α-hetero) is 1. The van der Waals surface area contributed by atoms with Crippen molar-refractivity contribution in [1.29, 1.82) is 0 Å². The number of ether oxygens (including phenoxy) is 2. The number of benzene rings is 4. The van der Waals surface area contributed by atoms with Gasteiger partial charge in [-0.1, -0.05) is 72.8 Å². The second-order valence-corrected chi connectivity index (χ2v) is 8.59. The van der Waals surface area contributed by atoms with Gasteiger partial charge in [0.05, 0.1) is 13.2 Å². The average Bonchev–Trinajstić information content (AvgIpc) is 2.95. The molecule has 0 fully saturated rings. The summed E-state index contributed by atoms with van der Waals surface area (Å²) >= 11 is 0. The van der Waals surface area contributed by atoms with Crippen LogP contribution in [-0.2, 0) is 17.8 Å². The number of methoxy groups -OCH3 is 1. The minimum atomic E-state index is -1.22. The summed E-state index contributed by atoms with van der Waals surface area (Å²) in [5.41, 5.74) is 3.72. The molecule has 4 aromatic carbocycles. The van der Waals surface area contributed by atoms with E-state index in [-0.39, 0.29) is 12.2 Å². The fourth-order valence-corrected chi connectivity index (χ4v) is 3.97. The number of hydrogen-bond donors (Lipinski definition) is 2. The lowest BCUT2D eigenvalue weighted by atomic mass is 9.95. The van der Waals surface area contributed by atoms with Crippen LogP contribution in [-0.4, -0.2) is 24.1 Å². The third kappa shape index (κ3) is 6.96. The Bertz CT molecular complexity index is 1210. The highest BCUT2D eigenvalue weighted by molar-refractivity contribution is 5.84. The molecule has 36 heavy (non-hydrogen) atoms. The Kier molecular flexibility index (Phi) is 8.73. The van der Waals surface area contributed by atoms with E-state index in [1.54, 1.807) is 7.11 Å². The van der Waals surface area contributed by atoms with Crippen LogP contribution < -0.4 is 14.8 Å². The molecule has 5 nitrogen and oxygen atoms in total. The number of rotatable bonds is 12. The van der Waals surface area contributed by atoms with Crippen molar-refractivity contribution in [3.8, 4) is 11.5 Å². The minimum Gasteiger partial charge on any atom is -0.497 e. The van der Waals surface area contributed by atoms with E-state index in [4.69, 9.17) is 9.47 Å². The molecule has 0 aliphatic rings. The molecule has 0 aromatic heterocycles. The normalized spacial score (nSPS) is 12.4. The molecule has 0 saturated heterocycles. The Labute approximate surface area is 212 Å². The number of anilines is 1. The van der Waals surface area contributed by atoms with Crippen molar-refractivity contribution in [1.82, 2.24) is 0 Å². The SMILES string of the molecule is COc1ccc(N[C@H](c2ccc(OCc3ccccc3)cc2)[C@H](O)C(=O)CCc2ccccc2)cc1. The summed E-state index contributed by atoms with van der Waals surface area (Å²) in [7, 11) is 1.61. The van der Waals surface area contributed by atoms with Crippen molar-refractivity contribution in [2.24, 2.45) is 0 Å². The lowest BCUT2D eigenvalue weighted by molar-refractivity contribution is -0.127. The van der Waals surface area contributed by atoms with Gasteiger partial charge in [-0.15, -0.1) is 0 Å². The first-order chi connectivity index (χ1) is 17.6. The number of aryl methyl sites for hydroxylation is 1. The van der Waals surface area contributed by atoms with E-state index >= 15 is 0 Å². The molecule has 4 aromatic rings. The quantitative estimate of drug-likeness (QED) is 0.260. The fourth-order valence-electron chi connectivity index (χ4n) is 3.97. The van der Waals surface area contributed by atoms with E-state index in [0.717, 1.165) is 33.9 Å². The molecular weight excluding hydrogens is 450 g/mol. The highest BCUT2D eigenvalue weighted by Gasteiger charge is 2.27. The van der Waals surface area contributed by atoms with E-state index in [9.17, 15) is 9.90 Å². The molecule has 5 heteroatoms. The Morgan fingerprint density at radius 1 is 0.778 bits per heavy atom. The number of carbonyl (C=O) groups excluding carboxylic acids is 1. The van der Waals surface area contributed by atoms with Gasteiger partial charge >= 0.3 is 0 Å². The summed E-state index contributed by atoms with van der Waals surface area (Å²) in [6, 6.07) is 34.1. The van der Waals surface area contributed by atoms with Gasteiger partial charge in [-0.05, 0) is 59.5 Å². The standard InChI is InChI=1S/C31H31NO4/c1-35-27-19-15-26(16-20-27)32-30(31(34)29(33)21-12-23-8-4-2-5-9-23)25-13-17-28(18-14-25)36-22-24-10-6-3-7-11-24/h2-11,13-20,30-32,34H,12,21-22H2,1H3/t30-,31-/m1/s1. The summed E-state index contributed by atoms with van der Waals surface area (Å²) in [5, 5.41) is 14.5. The van der Waals surface area contributed by atoms with E-state index in [2.05, 4.69) is 5.32 Å². The van der Waals surface area contributed by atoms with Crippen LogP contribution in [0.5, 0.6) is 11.5 Å². The molecular formula is C31H31NO4. The van der Waals surface area contributed by atoms with Crippen molar-refractivity contribution >= 4 is 11.5 Å². The van der Waals surface area contributed by atoms with Gasteiger partial charge in [0.15, 0.2) is 5.78 Å². The van der Waals surface area contributed by atoms with Gasteiger partial charge in [0.1, 0.15) is 24.2 Å². The van der Waals surface area contributed by atoms with Crippen molar-refractivity contribution in [3.63, 3.8) is 0 Å². The monoisotopic (exact) mass is 481 g/mol. The highest BCUT2D eigenvalue weighted by atomic mass is 16.5. The fraction of sp³-hybridized carbons (Fsp3) is 0.194. The maximum Gasteiger partial charge on any atom is 0.164 e. The van der Waals surface area contributed by atoms with Gasteiger partial charge < -0.3 is 19.9 Å². The van der Waals surface area contributed by atoms with Gasteiger partial charge in [-0.25, -0.2) is 0 Å². The molecule has 0 unspecified atom stereocenters. The van der Waals surface area contributed by atoms with Crippen molar-refractivity contribution in [2.45, 2.75) is 31.6 Å². The Morgan fingerprint density at radius 2 is 1.36 bits per heavy atom. The second kappa shape index (κ2) is 12.6.